The zero-order chi connectivity index (χ0) is 21.3. The summed E-state index contributed by atoms with van der Waals surface area (Å²) in [6, 6.07) is 11.6. The van der Waals surface area contributed by atoms with Gasteiger partial charge < -0.3 is 10.6 Å². The Balaban J connectivity index is 1.26. The monoisotopic (exact) mass is 486 g/mol. The van der Waals surface area contributed by atoms with Crippen molar-refractivity contribution < 1.29 is 0 Å². The first kappa shape index (κ1) is 24.2. The fraction of sp³-hybridized carbons (Fsp3) is 0.500. The summed E-state index contributed by atoms with van der Waals surface area (Å²) in [5, 5.41) is 9.62. The van der Waals surface area contributed by atoms with Gasteiger partial charge in [-0.25, -0.2) is 0 Å². The van der Waals surface area contributed by atoms with Crippen molar-refractivity contribution in [2.45, 2.75) is 51.6 Å². The molecule has 2 aromatic carbocycles. The van der Waals surface area contributed by atoms with Gasteiger partial charge in [0.15, 0.2) is 0 Å². The van der Waals surface area contributed by atoms with Gasteiger partial charge in [-0.2, -0.15) is 0 Å². The van der Waals surface area contributed by atoms with Crippen LogP contribution in [0.4, 0.5) is 0 Å². The maximum Gasteiger partial charge on any atom is 0.0637 e. The first-order valence-electron chi connectivity index (χ1n) is 10.8. The minimum absolute atomic E-state index is 0.624. The zero-order valence-corrected chi connectivity index (χ0v) is 20.2. The zero-order valence-electron chi connectivity index (χ0n) is 17.2. The second kappa shape index (κ2) is 12.5. The molecule has 2 N–H and O–H groups in total. The highest BCUT2D eigenvalue weighted by molar-refractivity contribution is 6.42. The Hall–Kier alpha value is -0.480. The van der Waals surface area contributed by atoms with Crippen LogP contribution in [0, 0.1) is 11.8 Å². The lowest BCUT2D eigenvalue weighted by Gasteiger charge is -2.28. The number of hydrogen-bond donors (Lipinski definition) is 2. The Bertz CT molecular complexity index is 736. The summed E-state index contributed by atoms with van der Waals surface area (Å²) in [7, 11) is 0. The molecule has 2 aromatic rings. The molecule has 0 radical (unpaired) electrons. The van der Waals surface area contributed by atoms with Crippen LogP contribution in [0.2, 0.25) is 20.1 Å². The maximum atomic E-state index is 6.25. The summed E-state index contributed by atoms with van der Waals surface area (Å²) < 4.78 is 0. The number of benzene rings is 2. The minimum atomic E-state index is 0.624. The molecule has 0 atom stereocenters. The van der Waals surface area contributed by atoms with Crippen LogP contribution in [0.1, 0.15) is 49.7 Å². The predicted molar refractivity (Wildman–Crippen MR) is 131 cm³/mol. The lowest BCUT2D eigenvalue weighted by Crippen LogP contribution is -2.23. The van der Waals surface area contributed by atoms with Gasteiger partial charge in [-0.15, -0.1) is 0 Å². The third-order valence-electron chi connectivity index (χ3n) is 6.12. The fourth-order valence-electron chi connectivity index (χ4n) is 4.24. The van der Waals surface area contributed by atoms with Gasteiger partial charge in [0.05, 0.1) is 20.1 Å². The molecule has 164 valence electrons. The van der Waals surface area contributed by atoms with Gasteiger partial charge in [-0.1, -0.05) is 96.4 Å². The first-order valence-corrected chi connectivity index (χ1v) is 12.3. The van der Waals surface area contributed by atoms with Crippen LogP contribution in [-0.4, -0.2) is 13.1 Å². The van der Waals surface area contributed by atoms with Crippen molar-refractivity contribution in [1.29, 1.82) is 0 Å². The van der Waals surface area contributed by atoms with Crippen LogP contribution in [-0.2, 0) is 13.1 Å². The van der Waals surface area contributed by atoms with Crippen molar-refractivity contribution in [2.75, 3.05) is 13.1 Å². The SMILES string of the molecule is Clc1cccc(CNCCC2CCC(CCNCc3cccc(Cl)c3Cl)CC2)c1Cl. The normalized spacial score (nSPS) is 19.2. The molecule has 1 aliphatic carbocycles. The van der Waals surface area contributed by atoms with Crippen LogP contribution < -0.4 is 10.6 Å². The van der Waals surface area contributed by atoms with Crippen molar-refractivity contribution in [2.24, 2.45) is 11.8 Å². The molecule has 0 bridgehead atoms. The average Bonchev–Trinajstić information content (AvgIpc) is 2.75. The molecule has 1 aliphatic rings. The van der Waals surface area contributed by atoms with Gasteiger partial charge in [0, 0.05) is 13.1 Å². The smallest absolute Gasteiger partial charge is 0.0637 e. The molecule has 0 amide bonds. The first-order chi connectivity index (χ1) is 14.5. The fourth-order valence-corrected chi connectivity index (χ4v) is 5.01. The van der Waals surface area contributed by atoms with E-state index in [4.69, 9.17) is 46.4 Å². The highest BCUT2D eigenvalue weighted by Crippen LogP contribution is 2.32. The van der Waals surface area contributed by atoms with E-state index in [9.17, 15) is 0 Å². The van der Waals surface area contributed by atoms with E-state index in [1.807, 2.05) is 36.4 Å². The van der Waals surface area contributed by atoms with E-state index in [2.05, 4.69) is 10.6 Å². The summed E-state index contributed by atoms with van der Waals surface area (Å²) in [6.45, 7) is 3.61. The Kier molecular flexibility index (Phi) is 10.1. The van der Waals surface area contributed by atoms with Crippen LogP contribution >= 0.6 is 46.4 Å². The van der Waals surface area contributed by atoms with Crippen molar-refractivity contribution in [3.05, 3.63) is 67.6 Å². The third-order valence-corrected chi connectivity index (χ3v) is 7.84. The molecule has 0 saturated heterocycles. The summed E-state index contributed by atoms with van der Waals surface area (Å²) in [5.41, 5.74) is 2.14. The average molecular weight is 488 g/mol. The van der Waals surface area contributed by atoms with Gasteiger partial charge in [0.2, 0.25) is 0 Å². The van der Waals surface area contributed by atoms with E-state index in [1.165, 1.54) is 38.5 Å². The van der Waals surface area contributed by atoms with Gasteiger partial charge in [-0.3, -0.25) is 0 Å². The van der Waals surface area contributed by atoms with Gasteiger partial charge >= 0.3 is 0 Å². The molecule has 1 saturated carbocycles. The van der Waals surface area contributed by atoms with Crippen molar-refractivity contribution in [3.63, 3.8) is 0 Å². The van der Waals surface area contributed by atoms with E-state index < -0.39 is 0 Å². The van der Waals surface area contributed by atoms with Crippen LogP contribution in [0.15, 0.2) is 36.4 Å². The number of hydrogen-bond acceptors (Lipinski definition) is 2. The van der Waals surface area contributed by atoms with Gasteiger partial charge in [-0.05, 0) is 61.0 Å². The topological polar surface area (TPSA) is 24.1 Å². The molecule has 6 heteroatoms. The molecule has 0 heterocycles. The highest BCUT2D eigenvalue weighted by Gasteiger charge is 2.20. The summed E-state index contributed by atoms with van der Waals surface area (Å²) >= 11 is 24.7. The summed E-state index contributed by atoms with van der Waals surface area (Å²) in [6.07, 6.45) is 7.82. The van der Waals surface area contributed by atoms with Gasteiger partial charge in [0.25, 0.3) is 0 Å². The lowest BCUT2D eigenvalue weighted by molar-refractivity contribution is 0.250. The van der Waals surface area contributed by atoms with Gasteiger partial charge in [0.1, 0.15) is 0 Å². The molecule has 1 fully saturated rings. The lowest BCUT2D eigenvalue weighted by atomic mass is 9.79. The predicted octanol–water partition coefficient (Wildman–Crippen LogP) is 7.77. The molecular weight excluding hydrogens is 458 g/mol. The van der Waals surface area contributed by atoms with E-state index in [0.29, 0.717) is 20.1 Å². The molecule has 30 heavy (non-hydrogen) atoms. The number of nitrogens with one attached hydrogen (secondary N) is 2. The molecule has 0 aromatic heterocycles. The molecule has 3 rings (SSSR count). The minimum Gasteiger partial charge on any atom is -0.313 e. The van der Waals surface area contributed by atoms with Crippen LogP contribution in [0.25, 0.3) is 0 Å². The molecule has 0 aliphatic heterocycles. The van der Waals surface area contributed by atoms with Crippen molar-refractivity contribution in [1.82, 2.24) is 10.6 Å². The Labute approximate surface area is 200 Å². The van der Waals surface area contributed by atoms with Crippen LogP contribution in [0.5, 0.6) is 0 Å². The highest BCUT2D eigenvalue weighted by atomic mass is 35.5. The Morgan fingerprint density at radius 2 is 1.03 bits per heavy atom. The van der Waals surface area contributed by atoms with E-state index in [0.717, 1.165) is 49.1 Å². The summed E-state index contributed by atoms with van der Waals surface area (Å²) in [5.74, 6) is 1.67. The van der Waals surface area contributed by atoms with Crippen LogP contribution in [0.3, 0.4) is 0 Å². The van der Waals surface area contributed by atoms with Crippen molar-refractivity contribution >= 4 is 46.4 Å². The maximum absolute atomic E-state index is 6.25. The number of halogens is 4. The second-order valence-corrected chi connectivity index (χ2v) is 9.81. The number of rotatable bonds is 10. The molecule has 2 nitrogen and oxygen atoms in total. The Morgan fingerprint density at radius 3 is 1.43 bits per heavy atom. The molecule has 0 spiro atoms. The third kappa shape index (κ3) is 7.29. The largest absolute Gasteiger partial charge is 0.313 e. The Morgan fingerprint density at radius 1 is 0.633 bits per heavy atom. The van der Waals surface area contributed by atoms with E-state index >= 15 is 0 Å². The van der Waals surface area contributed by atoms with Crippen molar-refractivity contribution in [3.8, 4) is 0 Å². The molecular formula is C24H30Cl4N2. The quantitative estimate of drug-likeness (QED) is 0.334. The van der Waals surface area contributed by atoms with E-state index in [-0.39, 0.29) is 0 Å². The second-order valence-electron chi connectivity index (χ2n) is 8.24. The standard InChI is InChI=1S/C24H30Cl4N2/c25-21-5-1-3-19(23(21)27)15-29-13-11-17-7-9-18(10-8-17)12-14-30-16-20-4-2-6-22(26)24(20)28/h1-6,17-18,29-30H,7-16H2. The molecule has 0 unspecified atom stereocenters. The summed E-state index contributed by atoms with van der Waals surface area (Å²) in [4.78, 5) is 0. The van der Waals surface area contributed by atoms with E-state index in [1.54, 1.807) is 0 Å².